The van der Waals surface area contributed by atoms with Crippen molar-refractivity contribution in [1.29, 1.82) is 5.26 Å². The first-order valence-corrected chi connectivity index (χ1v) is 25.4. The van der Waals surface area contributed by atoms with Gasteiger partial charge in [0, 0.05) is 53.4 Å². The minimum Gasteiger partial charge on any atom is -0.468 e. The summed E-state index contributed by atoms with van der Waals surface area (Å²) in [5, 5.41) is 17.2. The van der Waals surface area contributed by atoms with E-state index in [-0.39, 0.29) is 23.0 Å². The van der Waals surface area contributed by atoms with E-state index in [2.05, 4.69) is 228 Å². The molecular weight excluding hydrogens is 872 g/mol. The van der Waals surface area contributed by atoms with Crippen molar-refractivity contribution in [1.82, 2.24) is 4.57 Å². The van der Waals surface area contributed by atoms with E-state index in [1.165, 1.54) is 64.1 Å². The van der Waals surface area contributed by atoms with Crippen molar-refractivity contribution < 1.29 is 4.42 Å². The minimum atomic E-state index is -0.285. The van der Waals surface area contributed by atoms with Crippen LogP contribution in [-0.2, 0) is 16.2 Å². The number of nitrogens with zero attached hydrogens (tertiary/aromatic N) is 4. The molecule has 0 fully saturated rings. The topological polar surface area (TPSA) is 48.3 Å². The smallest absolute Gasteiger partial charge is 0.297 e. The first-order chi connectivity index (χ1) is 33.5. The first-order valence-electron chi connectivity index (χ1n) is 24.6. The Morgan fingerprint density at radius 3 is 1.96 bits per heavy atom. The summed E-state index contributed by atoms with van der Waals surface area (Å²) in [6, 6.07) is 56.8. The zero-order chi connectivity index (χ0) is 47.9. The van der Waals surface area contributed by atoms with Crippen LogP contribution < -0.4 is 26.4 Å². The lowest BCUT2D eigenvalue weighted by atomic mass is 9.35. The molecule has 0 saturated heterocycles. The fourth-order valence-corrected chi connectivity index (χ4v) is 13.0. The summed E-state index contributed by atoms with van der Waals surface area (Å²) in [5.41, 5.74) is 20.3. The molecule has 3 aliphatic rings. The fourth-order valence-electron chi connectivity index (χ4n) is 11.9. The van der Waals surface area contributed by atoms with Crippen molar-refractivity contribution in [3.63, 3.8) is 0 Å². The van der Waals surface area contributed by atoms with E-state index in [9.17, 15) is 5.26 Å². The van der Waals surface area contributed by atoms with Crippen LogP contribution in [0.2, 0.25) is 0 Å². The molecule has 338 valence electrons. The molecule has 8 aromatic carbocycles. The monoisotopic (exact) mass is 922 g/mol. The number of hydrogen-bond donors (Lipinski definition) is 0. The summed E-state index contributed by atoms with van der Waals surface area (Å²) < 4.78 is 12.5. The van der Waals surface area contributed by atoms with Crippen molar-refractivity contribution in [3.8, 4) is 22.9 Å². The lowest BCUT2D eigenvalue weighted by Crippen LogP contribution is -2.61. The molecule has 0 spiro atoms. The highest BCUT2D eigenvalue weighted by Crippen LogP contribution is 2.55. The minimum absolute atomic E-state index is 0.0305. The molecule has 6 heterocycles. The Morgan fingerprint density at radius 2 is 1.20 bits per heavy atom. The molecule has 70 heavy (non-hydrogen) atoms. The summed E-state index contributed by atoms with van der Waals surface area (Å²) in [6.45, 7) is 20.6. The van der Waals surface area contributed by atoms with Gasteiger partial charge in [0.2, 0.25) is 0 Å². The molecule has 14 rings (SSSR count). The third-order valence-electron chi connectivity index (χ3n) is 15.5. The lowest BCUT2D eigenvalue weighted by molar-refractivity contribution is 0.590. The van der Waals surface area contributed by atoms with Crippen molar-refractivity contribution in [2.24, 2.45) is 0 Å². The van der Waals surface area contributed by atoms with Crippen LogP contribution in [-0.4, -0.2) is 11.3 Å². The zero-order valence-corrected chi connectivity index (χ0v) is 41.9. The van der Waals surface area contributed by atoms with Crippen LogP contribution >= 0.6 is 11.3 Å². The van der Waals surface area contributed by atoms with Crippen LogP contribution in [0.5, 0.6) is 0 Å². The second-order valence-electron chi connectivity index (χ2n) is 23.0. The van der Waals surface area contributed by atoms with Crippen molar-refractivity contribution in [2.45, 2.75) is 78.6 Å². The molecule has 0 bridgehead atoms. The number of furan rings is 1. The van der Waals surface area contributed by atoms with E-state index < -0.39 is 0 Å². The van der Waals surface area contributed by atoms with Gasteiger partial charge in [0.1, 0.15) is 5.58 Å². The van der Waals surface area contributed by atoms with Crippen LogP contribution in [0, 0.1) is 11.3 Å². The maximum atomic E-state index is 11.2. The molecular formula is C63H51BN4OS. The van der Waals surface area contributed by atoms with Gasteiger partial charge in [0.05, 0.1) is 51.1 Å². The Kier molecular flexibility index (Phi) is 8.19. The molecule has 0 radical (unpaired) electrons. The zero-order valence-electron chi connectivity index (χ0n) is 41.0. The van der Waals surface area contributed by atoms with Gasteiger partial charge in [0.25, 0.3) is 6.71 Å². The molecule has 0 unspecified atom stereocenters. The van der Waals surface area contributed by atoms with Gasteiger partial charge in [-0.1, -0.05) is 129 Å². The predicted octanol–water partition coefficient (Wildman–Crippen LogP) is 15.7. The second kappa shape index (κ2) is 13.8. The number of thiophene rings is 1. The molecule has 3 aliphatic heterocycles. The van der Waals surface area contributed by atoms with E-state index >= 15 is 0 Å². The highest BCUT2D eigenvalue weighted by molar-refractivity contribution is 7.25. The quantitative estimate of drug-likeness (QED) is 0.162. The number of benzene rings is 8. The first kappa shape index (κ1) is 41.4. The number of rotatable bonds is 2. The molecule has 0 aliphatic carbocycles. The molecule has 5 nitrogen and oxygen atoms in total. The third-order valence-corrected chi connectivity index (χ3v) is 16.7. The summed E-state index contributed by atoms with van der Waals surface area (Å²) >= 11 is 1.83. The number of nitriles is 1. The molecule has 0 atom stereocenters. The van der Waals surface area contributed by atoms with E-state index in [1.807, 2.05) is 11.3 Å². The van der Waals surface area contributed by atoms with Gasteiger partial charge in [-0.3, -0.25) is 0 Å². The normalized spacial score (nSPS) is 14.0. The maximum absolute atomic E-state index is 11.2. The van der Waals surface area contributed by atoms with Gasteiger partial charge in [-0.25, -0.2) is 0 Å². The van der Waals surface area contributed by atoms with Crippen LogP contribution in [0.3, 0.4) is 0 Å². The maximum Gasteiger partial charge on any atom is 0.297 e. The number of hydrogen-bond acceptors (Lipinski definition) is 5. The average Bonchev–Trinajstić information content (AvgIpc) is 4.02. The van der Waals surface area contributed by atoms with Gasteiger partial charge in [-0.15, -0.1) is 11.3 Å². The highest BCUT2D eigenvalue weighted by atomic mass is 32.1. The van der Waals surface area contributed by atoms with Crippen molar-refractivity contribution >= 4 is 122 Å². The Bertz CT molecular complexity index is 4160. The second-order valence-corrected chi connectivity index (χ2v) is 24.0. The number of fused-ring (bicyclic) bond motifs is 14. The summed E-state index contributed by atoms with van der Waals surface area (Å²) in [6.07, 6.45) is 0. The largest absolute Gasteiger partial charge is 0.468 e. The number of anilines is 6. The molecule has 11 aromatic rings. The Hall–Kier alpha value is -7.53. The summed E-state index contributed by atoms with van der Waals surface area (Å²) in [5.74, 6) is 0. The van der Waals surface area contributed by atoms with Crippen LogP contribution in [0.4, 0.5) is 34.1 Å². The third kappa shape index (κ3) is 5.66. The fraction of sp³-hybridized carbons (Fsp3) is 0.190. The number of aromatic nitrogens is 1. The average molecular weight is 923 g/mol. The predicted molar refractivity (Wildman–Crippen MR) is 297 cm³/mol. The Balaban J connectivity index is 1.16. The summed E-state index contributed by atoms with van der Waals surface area (Å²) in [7, 11) is 0. The van der Waals surface area contributed by atoms with Crippen LogP contribution in [0.25, 0.3) is 69.8 Å². The van der Waals surface area contributed by atoms with Crippen LogP contribution in [0.1, 0.15) is 84.6 Å². The van der Waals surface area contributed by atoms with Gasteiger partial charge in [0.15, 0.2) is 0 Å². The van der Waals surface area contributed by atoms with Gasteiger partial charge in [-0.2, -0.15) is 5.26 Å². The lowest BCUT2D eigenvalue weighted by Gasteiger charge is -2.45. The van der Waals surface area contributed by atoms with E-state index in [4.69, 9.17) is 4.42 Å². The highest BCUT2D eigenvalue weighted by Gasteiger charge is 2.50. The standard InChI is InChI=1S/C63H51BN4OS/c1-61(2,3)38-20-22-48-43(28-38)45-29-39(62(4,5)6)31-51-57(45)67(48)52-32-40(63(7,8)9)30-47-59(52)68(51)50-26-35(34-65)25-49-56(50)64(47)60-58(46-27-37(19-23-53(46)69-60)36-15-11-10-12-16-36)66(49)41-21-24-55-44(33-41)42-17-13-14-18-54(42)70-55/h10-33H,1-9H3. The van der Waals surface area contributed by atoms with E-state index in [0.717, 1.165) is 73.0 Å². The SMILES string of the molecule is CC(C)(C)c1cc2c3c(c1)-n1c4ccc(C(C)(C)C)cc4c4cc(C(C)(C)C)cc(c41)N3c1cc(C#N)cc3c1B2c1oc2ccc(-c4ccccc4)cc2c1N3c1ccc2sc3ccccc3c2c1. The molecule has 7 heteroatoms. The molecule has 3 aromatic heterocycles. The van der Waals surface area contributed by atoms with Crippen molar-refractivity contribution in [2.75, 3.05) is 9.80 Å². The van der Waals surface area contributed by atoms with E-state index in [1.54, 1.807) is 0 Å². The van der Waals surface area contributed by atoms with E-state index in [0.29, 0.717) is 5.56 Å². The van der Waals surface area contributed by atoms with Crippen molar-refractivity contribution in [3.05, 3.63) is 168 Å². The van der Waals surface area contributed by atoms with Crippen LogP contribution in [0.15, 0.2) is 150 Å². The van der Waals surface area contributed by atoms with Gasteiger partial charge in [-0.05, 0) is 134 Å². The molecule has 0 amide bonds. The Morgan fingerprint density at radius 1 is 0.514 bits per heavy atom. The van der Waals surface area contributed by atoms with Gasteiger partial charge < -0.3 is 18.8 Å². The molecule has 0 N–H and O–H groups in total. The molecule has 0 saturated carbocycles. The van der Waals surface area contributed by atoms with Gasteiger partial charge >= 0.3 is 0 Å². The Labute approximate surface area is 412 Å². The summed E-state index contributed by atoms with van der Waals surface area (Å²) in [4.78, 5) is 4.96.